The van der Waals surface area contributed by atoms with Crippen molar-refractivity contribution in [2.24, 2.45) is 0 Å². The number of aryl methyl sites for hydroxylation is 2. The molecular formula is C19H17FN4O2S. The van der Waals surface area contributed by atoms with Crippen molar-refractivity contribution in [2.75, 3.05) is 10.6 Å². The number of nitrogens with zero attached hydrogens (tertiary/aromatic N) is 2. The van der Waals surface area contributed by atoms with Crippen molar-refractivity contribution in [3.63, 3.8) is 0 Å². The van der Waals surface area contributed by atoms with Gasteiger partial charge in [0.2, 0.25) is 5.13 Å². The number of benzene rings is 2. The zero-order chi connectivity index (χ0) is 19.4. The molecule has 0 radical (unpaired) electrons. The van der Waals surface area contributed by atoms with Crippen molar-refractivity contribution in [1.29, 1.82) is 0 Å². The summed E-state index contributed by atoms with van der Waals surface area (Å²) in [5, 5.41) is 14.5. The first-order valence-corrected chi connectivity index (χ1v) is 9.10. The molecule has 0 bridgehead atoms. The van der Waals surface area contributed by atoms with E-state index in [1.165, 1.54) is 29.5 Å². The minimum absolute atomic E-state index is 0.0623. The second-order valence-electron chi connectivity index (χ2n) is 5.77. The third-order valence-electron chi connectivity index (χ3n) is 3.86. The number of nitrogens with one attached hydrogen (secondary N) is 2. The van der Waals surface area contributed by atoms with E-state index in [0.29, 0.717) is 16.4 Å². The molecule has 0 aliphatic carbocycles. The molecule has 0 atom stereocenters. The first-order chi connectivity index (χ1) is 13.0. The normalized spacial score (nSPS) is 10.5. The Hall–Kier alpha value is -3.13. The van der Waals surface area contributed by atoms with Gasteiger partial charge >= 0.3 is 0 Å². The molecule has 2 aromatic carbocycles. The lowest BCUT2D eigenvalue weighted by Crippen LogP contribution is -2.16. The van der Waals surface area contributed by atoms with E-state index in [2.05, 4.69) is 20.8 Å². The Labute approximate surface area is 159 Å². The molecule has 3 aromatic rings. The molecule has 0 aliphatic rings. The maximum Gasteiger partial charge on any atom is 0.258 e. The van der Waals surface area contributed by atoms with Gasteiger partial charge in [0, 0.05) is 11.3 Å². The van der Waals surface area contributed by atoms with Crippen LogP contribution in [0.1, 0.15) is 38.2 Å². The van der Waals surface area contributed by atoms with Crippen molar-refractivity contribution in [3.05, 3.63) is 70.0 Å². The highest BCUT2D eigenvalue weighted by Crippen LogP contribution is 2.21. The summed E-state index contributed by atoms with van der Waals surface area (Å²) in [6, 6.07) is 10.6. The molecule has 1 aromatic heterocycles. The van der Waals surface area contributed by atoms with E-state index in [1.807, 2.05) is 6.92 Å². The van der Waals surface area contributed by atoms with Gasteiger partial charge in [0.25, 0.3) is 11.8 Å². The minimum Gasteiger partial charge on any atom is -0.322 e. The van der Waals surface area contributed by atoms with Crippen LogP contribution in [0.25, 0.3) is 0 Å². The Morgan fingerprint density at radius 3 is 2.56 bits per heavy atom. The molecular weight excluding hydrogens is 367 g/mol. The predicted octanol–water partition coefficient (Wildman–Crippen LogP) is 4.05. The van der Waals surface area contributed by atoms with Crippen molar-refractivity contribution < 1.29 is 14.0 Å². The van der Waals surface area contributed by atoms with Gasteiger partial charge in [0.15, 0.2) is 0 Å². The number of hydrogen-bond acceptors (Lipinski definition) is 5. The van der Waals surface area contributed by atoms with E-state index < -0.39 is 11.7 Å². The Kier molecular flexibility index (Phi) is 5.56. The van der Waals surface area contributed by atoms with Crippen LogP contribution in [0.2, 0.25) is 0 Å². The van der Waals surface area contributed by atoms with Crippen LogP contribution in [-0.4, -0.2) is 22.0 Å². The Morgan fingerprint density at radius 2 is 1.85 bits per heavy atom. The number of carbonyl (C=O) groups is 2. The number of halogens is 1. The van der Waals surface area contributed by atoms with Gasteiger partial charge in [-0.05, 0) is 43.2 Å². The monoisotopic (exact) mass is 384 g/mol. The summed E-state index contributed by atoms with van der Waals surface area (Å²) < 4.78 is 13.8. The molecule has 0 saturated heterocycles. The number of anilines is 2. The van der Waals surface area contributed by atoms with Crippen LogP contribution in [0.3, 0.4) is 0 Å². The maximum absolute atomic E-state index is 13.8. The summed E-state index contributed by atoms with van der Waals surface area (Å²) in [6.45, 7) is 3.74. The maximum atomic E-state index is 13.8. The second-order valence-corrected chi connectivity index (χ2v) is 6.83. The van der Waals surface area contributed by atoms with Crippen LogP contribution in [0.5, 0.6) is 0 Å². The zero-order valence-electron chi connectivity index (χ0n) is 14.7. The predicted molar refractivity (Wildman–Crippen MR) is 103 cm³/mol. The summed E-state index contributed by atoms with van der Waals surface area (Å²) >= 11 is 1.31. The lowest BCUT2D eigenvalue weighted by molar-refractivity contribution is 0.101. The molecule has 0 saturated carbocycles. The highest BCUT2D eigenvalue weighted by molar-refractivity contribution is 7.15. The van der Waals surface area contributed by atoms with E-state index in [0.717, 1.165) is 17.0 Å². The van der Waals surface area contributed by atoms with Crippen molar-refractivity contribution in [1.82, 2.24) is 10.2 Å². The number of amides is 2. The van der Waals surface area contributed by atoms with Crippen molar-refractivity contribution >= 4 is 34.0 Å². The van der Waals surface area contributed by atoms with E-state index in [9.17, 15) is 14.0 Å². The van der Waals surface area contributed by atoms with Crippen molar-refractivity contribution in [3.8, 4) is 0 Å². The standard InChI is InChI=1S/C19H17FN4O2S/c1-3-16-23-24-19(27-16)22-17(25)12-9-8-11(2)15(10-12)21-18(26)13-6-4-5-7-14(13)20/h4-10H,3H2,1-2H3,(H,21,26)(H,22,24,25). The SMILES string of the molecule is CCc1nnc(NC(=O)c2ccc(C)c(NC(=O)c3ccccc3F)c2)s1. The van der Waals surface area contributed by atoms with Gasteiger partial charge in [-0.1, -0.05) is 36.5 Å². The topological polar surface area (TPSA) is 84.0 Å². The van der Waals surface area contributed by atoms with Crippen LogP contribution in [0.4, 0.5) is 15.2 Å². The van der Waals surface area contributed by atoms with Crippen LogP contribution in [-0.2, 0) is 6.42 Å². The van der Waals surface area contributed by atoms with E-state index in [4.69, 9.17) is 0 Å². The van der Waals surface area contributed by atoms with Gasteiger partial charge in [-0.2, -0.15) is 0 Å². The first-order valence-electron chi connectivity index (χ1n) is 8.28. The van der Waals surface area contributed by atoms with Crippen LogP contribution in [0.15, 0.2) is 42.5 Å². The average Bonchev–Trinajstić information content (AvgIpc) is 3.11. The number of aromatic nitrogens is 2. The van der Waals surface area contributed by atoms with Crippen LogP contribution >= 0.6 is 11.3 Å². The summed E-state index contributed by atoms with van der Waals surface area (Å²) in [5.74, 6) is -1.55. The fraction of sp³-hybridized carbons (Fsp3) is 0.158. The molecule has 27 heavy (non-hydrogen) atoms. The largest absolute Gasteiger partial charge is 0.322 e. The smallest absolute Gasteiger partial charge is 0.258 e. The molecule has 138 valence electrons. The van der Waals surface area contributed by atoms with Gasteiger partial charge in [0.05, 0.1) is 5.56 Å². The molecule has 6 nitrogen and oxygen atoms in total. The molecule has 1 heterocycles. The summed E-state index contributed by atoms with van der Waals surface area (Å²) in [4.78, 5) is 24.8. The van der Waals surface area contributed by atoms with Gasteiger partial charge in [-0.15, -0.1) is 10.2 Å². The number of carbonyl (C=O) groups excluding carboxylic acids is 2. The van der Waals surface area contributed by atoms with Gasteiger partial charge < -0.3 is 5.32 Å². The fourth-order valence-corrected chi connectivity index (χ4v) is 3.02. The highest BCUT2D eigenvalue weighted by Gasteiger charge is 2.15. The summed E-state index contributed by atoms with van der Waals surface area (Å²) in [7, 11) is 0. The Balaban J connectivity index is 1.78. The molecule has 0 aliphatic heterocycles. The molecule has 0 spiro atoms. The lowest BCUT2D eigenvalue weighted by atomic mass is 10.1. The van der Waals surface area contributed by atoms with E-state index in [-0.39, 0.29) is 11.5 Å². The average molecular weight is 384 g/mol. The first kappa shape index (κ1) is 18.7. The fourth-order valence-electron chi connectivity index (χ4n) is 2.35. The molecule has 0 fully saturated rings. The van der Waals surface area contributed by atoms with Gasteiger partial charge in [0.1, 0.15) is 10.8 Å². The molecule has 2 N–H and O–H groups in total. The number of hydrogen-bond donors (Lipinski definition) is 2. The van der Waals surface area contributed by atoms with Crippen LogP contribution in [0, 0.1) is 12.7 Å². The zero-order valence-corrected chi connectivity index (χ0v) is 15.6. The lowest BCUT2D eigenvalue weighted by Gasteiger charge is -2.11. The summed E-state index contributed by atoms with van der Waals surface area (Å²) in [6.07, 6.45) is 0.740. The molecule has 2 amide bonds. The molecule has 3 rings (SSSR count). The van der Waals surface area contributed by atoms with Crippen molar-refractivity contribution in [2.45, 2.75) is 20.3 Å². The minimum atomic E-state index is -0.607. The molecule has 0 unspecified atom stereocenters. The van der Waals surface area contributed by atoms with Gasteiger partial charge in [-0.25, -0.2) is 4.39 Å². The van der Waals surface area contributed by atoms with Gasteiger partial charge in [-0.3, -0.25) is 14.9 Å². The Morgan fingerprint density at radius 1 is 1.07 bits per heavy atom. The van der Waals surface area contributed by atoms with E-state index >= 15 is 0 Å². The Bertz CT molecular complexity index is 1000. The quantitative estimate of drug-likeness (QED) is 0.695. The molecule has 8 heteroatoms. The highest BCUT2D eigenvalue weighted by atomic mass is 32.1. The third kappa shape index (κ3) is 4.35. The number of rotatable bonds is 5. The summed E-state index contributed by atoms with van der Waals surface area (Å²) in [5.41, 5.74) is 1.47. The second kappa shape index (κ2) is 8.05. The van der Waals surface area contributed by atoms with E-state index in [1.54, 1.807) is 31.2 Å². The third-order valence-corrected chi connectivity index (χ3v) is 4.84. The van der Waals surface area contributed by atoms with Crippen LogP contribution < -0.4 is 10.6 Å².